The second kappa shape index (κ2) is 10.9. The maximum atomic E-state index is 13.5. The van der Waals surface area contributed by atoms with E-state index in [9.17, 15) is 14.0 Å². The van der Waals surface area contributed by atoms with E-state index in [1.54, 1.807) is 49.4 Å². The molecule has 2 aromatic carbocycles. The van der Waals surface area contributed by atoms with E-state index >= 15 is 0 Å². The lowest BCUT2D eigenvalue weighted by Crippen LogP contribution is -2.39. The van der Waals surface area contributed by atoms with Crippen molar-refractivity contribution in [3.63, 3.8) is 0 Å². The molecule has 0 unspecified atom stereocenters. The summed E-state index contributed by atoms with van der Waals surface area (Å²) in [5.74, 6) is -0.112. The van der Waals surface area contributed by atoms with Crippen molar-refractivity contribution in [1.82, 2.24) is 14.9 Å². The van der Waals surface area contributed by atoms with Crippen LogP contribution in [0.4, 0.5) is 32.3 Å². The van der Waals surface area contributed by atoms with Gasteiger partial charge in [-0.3, -0.25) is 9.69 Å². The van der Waals surface area contributed by atoms with Gasteiger partial charge in [-0.1, -0.05) is 12.1 Å². The number of carbonyl (C=O) groups excluding carboxylic acids is 2. The predicted octanol–water partition coefficient (Wildman–Crippen LogP) is 3.73. The fourth-order valence-corrected chi connectivity index (χ4v) is 3.97. The summed E-state index contributed by atoms with van der Waals surface area (Å²) >= 11 is 0. The molecule has 10 nitrogen and oxygen atoms in total. The fourth-order valence-electron chi connectivity index (χ4n) is 3.97. The molecule has 0 saturated carbocycles. The number of urea groups is 1. The zero-order valence-electron chi connectivity index (χ0n) is 20.1. The van der Waals surface area contributed by atoms with Crippen molar-refractivity contribution in [2.24, 2.45) is 5.73 Å². The summed E-state index contributed by atoms with van der Waals surface area (Å²) < 4.78 is 19.0. The molecule has 0 spiro atoms. The second-order valence-corrected chi connectivity index (χ2v) is 8.35. The maximum absolute atomic E-state index is 13.5. The number of hydrogen-bond acceptors (Lipinski definition) is 7. The number of nitrogens with two attached hydrogens (primary N) is 1. The Morgan fingerprint density at radius 1 is 1.19 bits per heavy atom. The van der Waals surface area contributed by atoms with E-state index in [0.29, 0.717) is 22.7 Å². The summed E-state index contributed by atoms with van der Waals surface area (Å²) in [5, 5.41) is 6.11. The van der Waals surface area contributed by atoms with E-state index in [2.05, 4.69) is 20.6 Å². The van der Waals surface area contributed by atoms with Crippen LogP contribution >= 0.6 is 0 Å². The third kappa shape index (κ3) is 5.62. The van der Waals surface area contributed by atoms with E-state index in [1.165, 1.54) is 18.3 Å². The van der Waals surface area contributed by atoms with Crippen molar-refractivity contribution in [3.8, 4) is 5.75 Å². The predicted molar refractivity (Wildman–Crippen MR) is 135 cm³/mol. The first-order valence-corrected chi connectivity index (χ1v) is 11.5. The number of primary amides is 1. The van der Waals surface area contributed by atoms with Crippen LogP contribution in [0.2, 0.25) is 0 Å². The molecule has 4 rings (SSSR count). The zero-order valence-corrected chi connectivity index (χ0v) is 20.1. The van der Waals surface area contributed by atoms with Gasteiger partial charge in [0, 0.05) is 38.6 Å². The van der Waals surface area contributed by atoms with Crippen molar-refractivity contribution >= 4 is 35.1 Å². The summed E-state index contributed by atoms with van der Waals surface area (Å²) in [7, 11) is 3.25. The number of hydrogen-bond donors (Lipinski definition) is 3. The maximum Gasteiger partial charge on any atom is 0.324 e. The smallest absolute Gasteiger partial charge is 0.324 e. The van der Waals surface area contributed by atoms with Gasteiger partial charge < -0.3 is 26.0 Å². The Morgan fingerprint density at radius 3 is 2.67 bits per heavy atom. The van der Waals surface area contributed by atoms with Gasteiger partial charge in [0.2, 0.25) is 5.95 Å². The monoisotopic (exact) mass is 493 g/mol. The van der Waals surface area contributed by atoms with Gasteiger partial charge in [-0.15, -0.1) is 0 Å². The number of rotatable bonds is 8. The quantitative estimate of drug-likeness (QED) is 0.437. The third-order valence-corrected chi connectivity index (χ3v) is 5.86. The van der Waals surface area contributed by atoms with Crippen molar-refractivity contribution in [1.29, 1.82) is 0 Å². The minimum Gasteiger partial charge on any atom is -0.495 e. The molecule has 3 aromatic rings. The van der Waals surface area contributed by atoms with E-state index in [1.807, 2.05) is 4.90 Å². The molecule has 2 heterocycles. The summed E-state index contributed by atoms with van der Waals surface area (Å²) in [4.78, 5) is 36.8. The topological polar surface area (TPSA) is 126 Å². The molecule has 1 fully saturated rings. The Labute approximate surface area is 208 Å². The summed E-state index contributed by atoms with van der Waals surface area (Å²) in [5.41, 5.74) is 7.44. The molecule has 1 aliphatic heterocycles. The summed E-state index contributed by atoms with van der Waals surface area (Å²) in [6, 6.07) is 11.3. The number of aromatic nitrogens is 2. The van der Waals surface area contributed by atoms with Crippen molar-refractivity contribution < 1.29 is 18.7 Å². The van der Waals surface area contributed by atoms with E-state index in [0.717, 1.165) is 25.9 Å². The first-order valence-electron chi connectivity index (χ1n) is 11.5. The van der Waals surface area contributed by atoms with Crippen LogP contribution < -0.4 is 26.0 Å². The van der Waals surface area contributed by atoms with Crippen LogP contribution in [0.15, 0.2) is 48.7 Å². The summed E-state index contributed by atoms with van der Waals surface area (Å²) in [6.07, 6.45) is 3.30. The van der Waals surface area contributed by atoms with Gasteiger partial charge in [-0.25, -0.2) is 14.2 Å². The number of halogens is 1. The molecule has 3 amide bonds. The Bertz CT molecular complexity index is 1260. The highest BCUT2D eigenvalue weighted by Crippen LogP contribution is 2.32. The molecule has 1 aromatic heterocycles. The van der Waals surface area contributed by atoms with Gasteiger partial charge in [0.25, 0.3) is 5.91 Å². The molecule has 0 atom stereocenters. The van der Waals surface area contributed by atoms with E-state index in [4.69, 9.17) is 10.5 Å². The summed E-state index contributed by atoms with van der Waals surface area (Å²) in [6.45, 7) is 1.69. The molecular formula is C25H28FN7O3. The van der Waals surface area contributed by atoms with Gasteiger partial charge >= 0.3 is 6.03 Å². The van der Waals surface area contributed by atoms with Gasteiger partial charge in [0.15, 0.2) is 0 Å². The number of methoxy groups -OCH3 is 1. The molecule has 1 saturated heterocycles. The lowest BCUT2D eigenvalue weighted by atomic mass is 10.2. The van der Waals surface area contributed by atoms with Gasteiger partial charge in [-0.2, -0.15) is 4.98 Å². The SMILES string of the molecule is COc1ccc(Nc2ncc(C(N)=O)c(NCc3cccc(F)c3)n2)cc1N(C)C(=O)N1CCCC1. The van der Waals surface area contributed by atoms with Crippen molar-refractivity contribution in [2.45, 2.75) is 19.4 Å². The number of benzene rings is 2. The first-order chi connectivity index (χ1) is 17.4. The highest BCUT2D eigenvalue weighted by Gasteiger charge is 2.24. The molecule has 4 N–H and O–H groups in total. The van der Waals surface area contributed by atoms with Gasteiger partial charge in [0.05, 0.1) is 18.4 Å². The second-order valence-electron chi connectivity index (χ2n) is 8.35. The Kier molecular flexibility index (Phi) is 7.47. The average Bonchev–Trinajstić information content (AvgIpc) is 3.42. The number of nitrogens with zero attached hydrogens (tertiary/aromatic N) is 4. The number of likely N-dealkylation sites (tertiary alicyclic amines) is 1. The van der Waals surface area contributed by atoms with Crippen LogP contribution in [-0.4, -0.2) is 54.1 Å². The van der Waals surface area contributed by atoms with Crippen LogP contribution in [0.5, 0.6) is 5.75 Å². The fraction of sp³-hybridized carbons (Fsp3) is 0.280. The van der Waals surface area contributed by atoms with E-state index in [-0.39, 0.29) is 35.7 Å². The Balaban J connectivity index is 1.56. The molecule has 188 valence electrons. The Morgan fingerprint density at radius 2 is 1.97 bits per heavy atom. The number of anilines is 4. The molecule has 36 heavy (non-hydrogen) atoms. The molecule has 11 heteroatoms. The van der Waals surface area contributed by atoms with Crippen LogP contribution in [0.3, 0.4) is 0 Å². The number of nitrogens with one attached hydrogen (secondary N) is 2. The Hall–Kier alpha value is -4.41. The largest absolute Gasteiger partial charge is 0.495 e. The lowest BCUT2D eigenvalue weighted by molar-refractivity contribution is 0.100. The number of ether oxygens (including phenoxy) is 1. The standard InChI is InChI=1S/C25H28FN7O3/c1-32(25(35)33-10-3-4-11-33)20-13-18(8-9-21(20)36-2)30-24-29-15-19(22(27)34)23(31-24)28-14-16-6-5-7-17(26)12-16/h5-9,12-13,15H,3-4,10-11,14H2,1-2H3,(H2,27,34)(H2,28,29,30,31). The average molecular weight is 494 g/mol. The molecule has 0 radical (unpaired) electrons. The highest BCUT2D eigenvalue weighted by atomic mass is 19.1. The zero-order chi connectivity index (χ0) is 25.7. The molecular weight excluding hydrogens is 465 g/mol. The number of amides is 3. The van der Waals surface area contributed by atoms with Crippen molar-refractivity contribution in [3.05, 3.63) is 65.6 Å². The van der Waals surface area contributed by atoms with Gasteiger partial charge in [0.1, 0.15) is 17.4 Å². The molecule has 1 aliphatic rings. The van der Waals surface area contributed by atoms with Crippen LogP contribution in [0.1, 0.15) is 28.8 Å². The van der Waals surface area contributed by atoms with Crippen LogP contribution in [-0.2, 0) is 6.54 Å². The minimum atomic E-state index is -0.697. The highest BCUT2D eigenvalue weighted by molar-refractivity contribution is 5.97. The molecule has 0 aliphatic carbocycles. The van der Waals surface area contributed by atoms with E-state index < -0.39 is 5.91 Å². The third-order valence-electron chi connectivity index (χ3n) is 5.86. The van der Waals surface area contributed by atoms with Gasteiger partial charge in [-0.05, 0) is 48.7 Å². The minimum absolute atomic E-state index is 0.100. The van der Waals surface area contributed by atoms with Crippen LogP contribution in [0.25, 0.3) is 0 Å². The normalized spacial score (nSPS) is 12.8. The number of carbonyl (C=O) groups is 2. The van der Waals surface area contributed by atoms with Crippen molar-refractivity contribution in [2.75, 3.05) is 42.8 Å². The first kappa shape index (κ1) is 24.7. The van der Waals surface area contributed by atoms with Crippen LogP contribution in [0, 0.1) is 5.82 Å². The lowest BCUT2D eigenvalue weighted by Gasteiger charge is -2.26. The molecule has 0 bridgehead atoms.